The monoisotopic (exact) mass is 466 g/mol. The summed E-state index contributed by atoms with van der Waals surface area (Å²) in [4.78, 5) is 26.6. The summed E-state index contributed by atoms with van der Waals surface area (Å²) in [7, 11) is 0. The van der Waals surface area contributed by atoms with E-state index >= 15 is 0 Å². The summed E-state index contributed by atoms with van der Waals surface area (Å²) in [5.74, 6) is -1.53. The highest BCUT2D eigenvalue weighted by Gasteiger charge is 2.69. The smallest absolute Gasteiger partial charge is 0.324 e. The molecule has 1 aliphatic carbocycles. The van der Waals surface area contributed by atoms with Crippen LogP contribution in [0.5, 0.6) is 0 Å². The second-order valence-electron chi connectivity index (χ2n) is 8.93. The van der Waals surface area contributed by atoms with Gasteiger partial charge in [0.2, 0.25) is 0 Å². The lowest BCUT2D eigenvalue weighted by Gasteiger charge is -2.16. The minimum absolute atomic E-state index is 0.0949. The highest BCUT2D eigenvalue weighted by Crippen LogP contribution is 2.61. The quantitative estimate of drug-likeness (QED) is 0.280. The highest BCUT2D eigenvalue weighted by atomic mass is 16.6. The van der Waals surface area contributed by atoms with Gasteiger partial charge in [-0.2, -0.15) is 5.10 Å². The maximum atomic E-state index is 13.3. The number of ether oxygens (including phenoxy) is 2. The Hall–Kier alpha value is -4.19. The Morgan fingerprint density at radius 3 is 1.94 bits per heavy atom. The lowest BCUT2D eigenvalue weighted by atomic mass is 10.0. The summed E-state index contributed by atoms with van der Waals surface area (Å²) in [6, 6.07) is 28.7. The molecule has 0 amide bonds. The zero-order valence-corrected chi connectivity index (χ0v) is 19.4. The Kier molecular flexibility index (Phi) is 6.19. The van der Waals surface area contributed by atoms with E-state index in [9.17, 15) is 9.59 Å². The molecule has 1 heterocycles. The van der Waals surface area contributed by atoms with E-state index in [1.54, 1.807) is 0 Å². The van der Waals surface area contributed by atoms with Crippen LogP contribution in [-0.4, -0.2) is 22.1 Å². The first kappa shape index (κ1) is 22.6. The minimum Gasteiger partial charge on any atom is -0.460 e. The van der Waals surface area contributed by atoms with Crippen LogP contribution in [-0.2, 0) is 32.3 Å². The van der Waals surface area contributed by atoms with Gasteiger partial charge in [0.15, 0.2) is 5.41 Å². The van der Waals surface area contributed by atoms with Gasteiger partial charge >= 0.3 is 11.9 Å². The SMILES string of the molecule is Cc1ccc(-c2cc(C3CC3(C(=O)OCc3ccccc3)C(=O)OCc3ccccc3)[nH]n2)cc1. The summed E-state index contributed by atoms with van der Waals surface area (Å²) in [5, 5.41) is 7.45. The van der Waals surface area contributed by atoms with Gasteiger partial charge in [0.1, 0.15) is 13.2 Å². The number of carbonyl (C=O) groups is 2. The third kappa shape index (κ3) is 4.73. The fourth-order valence-electron chi connectivity index (χ4n) is 4.26. The Balaban J connectivity index is 1.36. The van der Waals surface area contributed by atoms with Crippen molar-refractivity contribution < 1.29 is 19.1 Å². The van der Waals surface area contributed by atoms with E-state index in [2.05, 4.69) is 10.2 Å². The summed E-state index contributed by atoms with van der Waals surface area (Å²) in [5.41, 5.74) is 3.92. The average Bonchev–Trinajstić information content (AvgIpc) is 3.48. The van der Waals surface area contributed by atoms with Crippen LogP contribution in [0.25, 0.3) is 11.3 Å². The molecule has 1 atom stereocenters. The van der Waals surface area contributed by atoms with Crippen LogP contribution >= 0.6 is 0 Å². The molecule has 3 aromatic carbocycles. The topological polar surface area (TPSA) is 81.3 Å². The van der Waals surface area contributed by atoms with Crippen molar-refractivity contribution in [3.05, 3.63) is 113 Å². The summed E-state index contributed by atoms with van der Waals surface area (Å²) >= 11 is 0. The zero-order chi connectivity index (χ0) is 24.3. The molecule has 1 saturated carbocycles. The Labute approximate surface area is 203 Å². The van der Waals surface area contributed by atoms with Crippen LogP contribution in [0.1, 0.15) is 34.7 Å². The van der Waals surface area contributed by atoms with Crippen LogP contribution < -0.4 is 0 Å². The maximum Gasteiger partial charge on any atom is 0.324 e. The van der Waals surface area contributed by atoms with Gasteiger partial charge in [0, 0.05) is 17.2 Å². The Morgan fingerprint density at radius 1 is 0.857 bits per heavy atom. The van der Waals surface area contributed by atoms with E-state index in [0.717, 1.165) is 27.9 Å². The van der Waals surface area contributed by atoms with Gasteiger partial charge in [-0.25, -0.2) is 0 Å². The number of esters is 2. The van der Waals surface area contributed by atoms with Gasteiger partial charge in [-0.1, -0.05) is 90.5 Å². The van der Waals surface area contributed by atoms with Crippen molar-refractivity contribution >= 4 is 11.9 Å². The normalized spacial score (nSPS) is 15.9. The van der Waals surface area contributed by atoms with E-state index in [1.165, 1.54) is 0 Å². The van der Waals surface area contributed by atoms with Crippen molar-refractivity contribution in [2.45, 2.75) is 32.5 Å². The minimum atomic E-state index is -1.39. The van der Waals surface area contributed by atoms with Crippen LogP contribution in [0, 0.1) is 12.3 Å². The molecule has 35 heavy (non-hydrogen) atoms. The molecule has 1 unspecified atom stereocenters. The van der Waals surface area contributed by atoms with Crippen molar-refractivity contribution in [1.29, 1.82) is 0 Å². The molecule has 4 aromatic rings. The van der Waals surface area contributed by atoms with E-state index in [-0.39, 0.29) is 19.1 Å². The van der Waals surface area contributed by atoms with Gasteiger partial charge in [0.25, 0.3) is 0 Å². The first-order chi connectivity index (χ1) is 17.1. The number of nitrogens with zero attached hydrogens (tertiary/aromatic N) is 1. The van der Waals surface area contributed by atoms with Crippen molar-refractivity contribution in [1.82, 2.24) is 10.2 Å². The van der Waals surface area contributed by atoms with Gasteiger partial charge in [-0.3, -0.25) is 14.7 Å². The number of hydrogen-bond donors (Lipinski definition) is 1. The number of aromatic amines is 1. The van der Waals surface area contributed by atoms with Gasteiger partial charge < -0.3 is 9.47 Å². The number of nitrogens with one attached hydrogen (secondary N) is 1. The Bertz CT molecular complexity index is 1260. The number of aryl methyl sites for hydroxylation is 1. The maximum absolute atomic E-state index is 13.3. The van der Waals surface area contributed by atoms with Crippen molar-refractivity contribution in [2.24, 2.45) is 5.41 Å². The van der Waals surface area contributed by atoms with Crippen LogP contribution in [0.2, 0.25) is 0 Å². The Morgan fingerprint density at radius 2 is 1.40 bits per heavy atom. The third-order valence-electron chi connectivity index (χ3n) is 6.44. The first-order valence-electron chi connectivity index (χ1n) is 11.6. The van der Waals surface area contributed by atoms with Crippen molar-refractivity contribution in [2.75, 3.05) is 0 Å². The number of benzene rings is 3. The fraction of sp³-hybridized carbons (Fsp3) is 0.207. The van der Waals surface area contributed by atoms with Gasteiger partial charge in [-0.15, -0.1) is 0 Å². The van der Waals surface area contributed by atoms with Crippen LogP contribution in [0.4, 0.5) is 0 Å². The second-order valence-corrected chi connectivity index (χ2v) is 8.93. The molecule has 1 N–H and O–H groups in total. The first-order valence-corrected chi connectivity index (χ1v) is 11.6. The number of aromatic nitrogens is 2. The van der Waals surface area contributed by atoms with Crippen LogP contribution in [0.3, 0.4) is 0 Å². The molecule has 1 fully saturated rings. The number of H-pyrrole nitrogens is 1. The second kappa shape index (κ2) is 9.58. The van der Waals surface area contributed by atoms with Gasteiger partial charge in [0.05, 0.1) is 5.69 Å². The van der Waals surface area contributed by atoms with E-state index in [4.69, 9.17) is 9.47 Å². The third-order valence-corrected chi connectivity index (χ3v) is 6.44. The average molecular weight is 467 g/mol. The molecule has 5 rings (SSSR count). The molecule has 176 valence electrons. The molecule has 6 nitrogen and oxygen atoms in total. The van der Waals surface area contributed by atoms with E-state index < -0.39 is 17.4 Å². The molecular weight excluding hydrogens is 440 g/mol. The van der Waals surface area contributed by atoms with Crippen molar-refractivity contribution in [3.8, 4) is 11.3 Å². The molecule has 0 saturated heterocycles. The highest BCUT2D eigenvalue weighted by molar-refractivity contribution is 6.05. The molecule has 0 spiro atoms. The number of rotatable bonds is 8. The molecule has 0 aliphatic heterocycles. The number of carbonyl (C=O) groups excluding carboxylic acids is 2. The fourth-order valence-corrected chi connectivity index (χ4v) is 4.26. The predicted molar refractivity (Wildman–Crippen MR) is 131 cm³/mol. The molecular formula is C29H26N2O4. The largest absolute Gasteiger partial charge is 0.460 e. The summed E-state index contributed by atoms with van der Waals surface area (Å²) in [6.45, 7) is 2.22. The molecule has 1 aromatic heterocycles. The molecule has 1 aliphatic rings. The molecule has 6 heteroatoms. The molecule has 0 bridgehead atoms. The summed E-state index contributed by atoms with van der Waals surface area (Å²) < 4.78 is 11.2. The van der Waals surface area contributed by atoms with Crippen molar-refractivity contribution in [3.63, 3.8) is 0 Å². The van der Waals surface area contributed by atoms with E-state index in [0.29, 0.717) is 12.1 Å². The lowest BCUT2D eigenvalue weighted by Crippen LogP contribution is -2.31. The zero-order valence-electron chi connectivity index (χ0n) is 19.4. The van der Waals surface area contributed by atoms with Crippen LogP contribution in [0.15, 0.2) is 91.0 Å². The predicted octanol–water partition coefficient (Wildman–Crippen LogP) is 5.35. The summed E-state index contributed by atoms with van der Waals surface area (Å²) in [6.07, 6.45) is 0.309. The standard InChI is InChI=1S/C29H26N2O4/c1-20-12-14-23(15-13-20)25-16-26(31-30-25)24-17-29(24,27(32)34-18-21-8-4-2-5-9-21)28(33)35-19-22-10-6-3-7-11-22/h2-16,24H,17-19H2,1H3,(H,30,31). The lowest BCUT2D eigenvalue weighted by molar-refractivity contribution is -0.166. The van der Waals surface area contributed by atoms with Gasteiger partial charge in [-0.05, 0) is 30.5 Å². The number of hydrogen-bond acceptors (Lipinski definition) is 5. The van der Waals surface area contributed by atoms with E-state index in [1.807, 2.05) is 97.9 Å². The molecule has 0 radical (unpaired) electrons.